The molecule has 3 rings (SSSR count). The van der Waals surface area contributed by atoms with E-state index < -0.39 is 6.10 Å². The minimum atomic E-state index is -0.548. The van der Waals surface area contributed by atoms with Gasteiger partial charge in [0.15, 0.2) is 0 Å². The fourth-order valence-corrected chi connectivity index (χ4v) is 3.75. The zero-order valence-corrected chi connectivity index (χ0v) is 18.0. The highest BCUT2D eigenvalue weighted by molar-refractivity contribution is 5.48. The minimum Gasteiger partial charge on any atom is -0.491 e. The van der Waals surface area contributed by atoms with Gasteiger partial charge in [-0.25, -0.2) is 4.39 Å². The lowest BCUT2D eigenvalue weighted by Crippen LogP contribution is -2.49. The van der Waals surface area contributed by atoms with Crippen molar-refractivity contribution in [3.63, 3.8) is 0 Å². The van der Waals surface area contributed by atoms with Crippen LogP contribution in [0.3, 0.4) is 0 Å². The van der Waals surface area contributed by atoms with E-state index in [2.05, 4.69) is 29.7 Å². The molecule has 0 bridgehead atoms. The first-order valence-electron chi connectivity index (χ1n) is 10.7. The first-order chi connectivity index (χ1) is 14.5. The van der Waals surface area contributed by atoms with Crippen molar-refractivity contribution in [2.24, 2.45) is 0 Å². The Morgan fingerprint density at radius 2 is 1.67 bits per heavy atom. The number of nitrogens with zero attached hydrogens (tertiary/aromatic N) is 2. The van der Waals surface area contributed by atoms with Crippen molar-refractivity contribution in [2.45, 2.75) is 25.9 Å². The lowest BCUT2D eigenvalue weighted by molar-refractivity contribution is 0.00708. The molecule has 1 N–H and O–H groups in total. The van der Waals surface area contributed by atoms with E-state index in [1.54, 1.807) is 6.07 Å². The standard InChI is InChI=1S/C24H33FN2O3/c1-19(2)21-7-3-6-10-24(21)30-16-15-29-18-20(28)17-26-11-13-27(14-12-26)23-9-5-4-8-22(23)25/h3-10,19-20,28H,11-18H2,1-2H3/t20-/m0/s1. The van der Waals surface area contributed by atoms with E-state index in [4.69, 9.17) is 9.47 Å². The third kappa shape index (κ3) is 6.42. The number of piperazine rings is 1. The van der Waals surface area contributed by atoms with Crippen LogP contribution in [0.2, 0.25) is 0 Å². The van der Waals surface area contributed by atoms with Crippen LogP contribution >= 0.6 is 0 Å². The summed E-state index contributed by atoms with van der Waals surface area (Å²) < 4.78 is 25.4. The van der Waals surface area contributed by atoms with Gasteiger partial charge in [-0.2, -0.15) is 0 Å². The average molecular weight is 417 g/mol. The van der Waals surface area contributed by atoms with Crippen molar-refractivity contribution in [1.29, 1.82) is 0 Å². The Morgan fingerprint density at radius 3 is 2.40 bits per heavy atom. The lowest BCUT2D eigenvalue weighted by atomic mass is 10.0. The van der Waals surface area contributed by atoms with Crippen molar-refractivity contribution >= 4 is 5.69 Å². The first-order valence-corrected chi connectivity index (χ1v) is 10.7. The second-order valence-electron chi connectivity index (χ2n) is 8.01. The molecule has 0 radical (unpaired) electrons. The highest BCUT2D eigenvalue weighted by Gasteiger charge is 2.21. The Morgan fingerprint density at radius 1 is 0.967 bits per heavy atom. The predicted octanol–water partition coefficient (Wildman–Crippen LogP) is 3.53. The molecule has 164 valence electrons. The van der Waals surface area contributed by atoms with E-state index in [9.17, 15) is 9.50 Å². The van der Waals surface area contributed by atoms with Gasteiger partial charge in [-0.1, -0.05) is 44.2 Å². The Kier molecular flexibility index (Phi) is 8.49. The molecule has 2 aromatic rings. The zero-order valence-electron chi connectivity index (χ0n) is 18.0. The third-order valence-corrected chi connectivity index (χ3v) is 5.37. The fourth-order valence-electron chi connectivity index (χ4n) is 3.75. The average Bonchev–Trinajstić information content (AvgIpc) is 2.75. The predicted molar refractivity (Wildman–Crippen MR) is 118 cm³/mol. The van der Waals surface area contributed by atoms with Crippen LogP contribution in [-0.4, -0.2) is 68.7 Å². The molecular weight excluding hydrogens is 383 g/mol. The zero-order chi connectivity index (χ0) is 21.3. The van der Waals surface area contributed by atoms with Crippen LogP contribution in [0.25, 0.3) is 0 Å². The molecule has 5 nitrogen and oxygen atoms in total. The minimum absolute atomic E-state index is 0.183. The number of halogens is 1. The van der Waals surface area contributed by atoms with Gasteiger partial charge in [0.25, 0.3) is 0 Å². The first kappa shape index (κ1) is 22.5. The maximum Gasteiger partial charge on any atom is 0.146 e. The van der Waals surface area contributed by atoms with E-state index in [0.29, 0.717) is 31.4 Å². The Labute approximate surface area is 179 Å². The monoisotopic (exact) mass is 416 g/mol. The van der Waals surface area contributed by atoms with E-state index in [-0.39, 0.29) is 12.4 Å². The molecule has 2 aromatic carbocycles. The highest BCUT2D eigenvalue weighted by Crippen LogP contribution is 2.25. The topological polar surface area (TPSA) is 45.2 Å². The smallest absolute Gasteiger partial charge is 0.146 e. The van der Waals surface area contributed by atoms with Crippen molar-refractivity contribution < 1.29 is 19.0 Å². The summed E-state index contributed by atoms with van der Waals surface area (Å²) in [6.45, 7) is 9.10. The van der Waals surface area contributed by atoms with Crippen LogP contribution in [0, 0.1) is 5.82 Å². The number of anilines is 1. The number of hydrogen-bond donors (Lipinski definition) is 1. The van der Waals surface area contributed by atoms with Gasteiger partial charge in [0.1, 0.15) is 18.2 Å². The maximum absolute atomic E-state index is 13.9. The number of rotatable bonds is 10. The largest absolute Gasteiger partial charge is 0.491 e. The summed E-state index contributed by atoms with van der Waals surface area (Å²) in [7, 11) is 0. The van der Waals surface area contributed by atoms with Gasteiger partial charge in [-0.05, 0) is 29.7 Å². The molecule has 1 saturated heterocycles. The molecule has 1 aliphatic rings. The molecule has 1 fully saturated rings. The van der Waals surface area contributed by atoms with E-state index in [1.807, 2.05) is 30.3 Å². The van der Waals surface area contributed by atoms with Gasteiger partial charge in [0.2, 0.25) is 0 Å². The van der Waals surface area contributed by atoms with Crippen LogP contribution in [0.5, 0.6) is 5.75 Å². The molecule has 0 aliphatic carbocycles. The molecule has 0 spiro atoms. The summed E-state index contributed by atoms with van der Waals surface area (Å²) in [5.41, 5.74) is 1.84. The highest BCUT2D eigenvalue weighted by atomic mass is 19.1. The molecule has 1 heterocycles. The summed E-state index contributed by atoms with van der Waals surface area (Å²) in [6, 6.07) is 14.9. The van der Waals surface area contributed by atoms with Crippen LogP contribution in [-0.2, 0) is 4.74 Å². The van der Waals surface area contributed by atoms with Crippen molar-refractivity contribution in [3.8, 4) is 5.75 Å². The van der Waals surface area contributed by atoms with Gasteiger partial charge in [-0.3, -0.25) is 4.90 Å². The van der Waals surface area contributed by atoms with Gasteiger partial charge >= 0.3 is 0 Å². The number of ether oxygens (including phenoxy) is 2. The van der Waals surface area contributed by atoms with Crippen molar-refractivity contribution in [3.05, 3.63) is 59.9 Å². The van der Waals surface area contributed by atoms with Gasteiger partial charge in [0, 0.05) is 32.7 Å². The number of benzene rings is 2. The summed E-state index contributed by atoms with van der Waals surface area (Å²) in [4.78, 5) is 4.25. The lowest BCUT2D eigenvalue weighted by Gasteiger charge is -2.36. The van der Waals surface area contributed by atoms with E-state index >= 15 is 0 Å². The number of β-amino-alcohol motifs (C(OH)–C–C–N with tert-alkyl or cyclic N) is 1. The number of aliphatic hydroxyl groups is 1. The molecule has 0 saturated carbocycles. The molecule has 6 heteroatoms. The van der Waals surface area contributed by atoms with Crippen molar-refractivity contribution in [1.82, 2.24) is 4.90 Å². The third-order valence-electron chi connectivity index (χ3n) is 5.37. The molecule has 1 atom stereocenters. The normalized spacial score (nSPS) is 16.1. The van der Waals surface area contributed by atoms with Gasteiger partial charge < -0.3 is 19.5 Å². The van der Waals surface area contributed by atoms with Crippen LogP contribution in [0.1, 0.15) is 25.3 Å². The quantitative estimate of drug-likeness (QED) is 0.601. The second kappa shape index (κ2) is 11.3. The Balaban J connectivity index is 1.31. The summed E-state index contributed by atoms with van der Waals surface area (Å²) in [5.74, 6) is 1.12. The number of para-hydroxylation sites is 2. The fraction of sp³-hybridized carbons (Fsp3) is 0.500. The Hall–Kier alpha value is -2.15. The molecule has 1 aliphatic heterocycles. The van der Waals surface area contributed by atoms with Crippen LogP contribution in [0.4, 0.5) is 10.1 Å². The van der Waals surface area contributed by atoms with Gasteiger partial charge in [-0.15, -0.1) is 0 Å². The van der Waals surface area contributed by atoms with Crippen LogP contribution in [0.15, 0.2) is 48.5 Å². The molecule has 0 aromatic heterocycles. The SMILES string of the molecule is CC(C)c1ccccc1OCCOC[C@@H](O)CN1CCN(c2ccccc2F)CC1. The number of aliphatic hydroxyl groups excluding tert-OH is 1. The van der Waals surface area contributed by atoms with Gasteiger partial charge in [0.05, 0.1) is 25.0 Å². The van der Waals surface area contributed by atoms with E-state index in [0.717, 1.165) is 31.9 Å². The second-order valence-corrected chi connectivity index (χ2v) is 8.01. The summed E-state index contributed by atoms with van der Waals surface area (Å²) in [6.07, 6.45) is -0.548. The molecule has 0 unspecified atom stereocenters. The maximum atomic E-state index is 13.9. The molecule has 30 heavy (non-hydrogen) atoms. The summed E-state index contributed by atoms with van der Waals surface area (Å²) in [5, 5.41) is 10.3. The molecule has 0 amide bonds. The van der Waals surface area contributed by atoms with E-state index in [1.165, 1.54) is 11.6 Å². The Bertz CT molecular complexity index is 779. The molecular formula is C24H33FN2O3. The summed E-state index contributed by atoms with van der Waals surface area (Å²) >= 11 is 0. The van der Waals surface area contributed by atoms with Crippen LogP contribution < -0.4 is 9.64 Å². The number of hydrogen-bond acceptors (Lipinski definition) is 5. The van der Waals surface area contributed by atoms with Crippen molar-refractivity contribution in [2.75, 3.05) is 57.4 Å².